The van der Waals surface area contributed by atoms with Crippen LogP contribution in [0.3, 0.4) is 0 Å². The predicted octanol–water partition coefficient (Wildman–Crippen LogP) is 1.56. The molecule has 0 fully saturated rings. The van der Waals surface area contributed by atoms with Crippen LogP contribution < -0.4 is 75.7 Å². The van der Waals surface area contributed by atoms with E-state index in [4.69, 9.17) is 17.2 Å². The molecule has 13 atom stereocenters. The molecule has 0 radical (unpaired) electrons. The number of carbonyl (C=O) groups is 12. The monoisotopic (exact) mass is 1490 g/mol. The summed E-state index contributed by atoms with van der Waals surface area (Å²) in [7, 11) is 0. The summed E-state index contributed by atoms with van der Waals surface area (Å²) in [6.07, 6.45) is 5.28. The van der Waals surface area contributed by atoms with Gasteiger partial charge in [0.2, 0.25) is 65.0 Å². The van der Waals surface area contributed by atoms with Crippen LogP contribution >= 0.6 is 0 Å². The molecule has 0 saturated heterocycles. The first-order chi connectivity index (χ1) is 50.5. The number of rotatable bonds is 32. The highest BCUT2D eigenvalue weighted by atomic mass is 16.4. The second-order valence-electron chi connectivity index (χ2n) is 29.0. The Hall–Kier alpha value is -10.4. The highest BCUT2D eigenvalue weighted by Crippen LogP contribution is 2.24. The molecule has 1 aliphatic rings. The number of phenols is 1. The second kappa shape index (κ2) is 42.1. The van der Waals surface area contributed by atoms with E-state index in [1.165, 1.54) is 52.0 Å². The number of aromatic amines is 1. The fourth-order valence-corrected chi connectivity index (χ4v) is 12.2. The number of aliphatic imine (C=N–C) groups is 1. The molecular formula is C76H112N16O15. The van der Waals surface area contributed by atoms with Gasteiger partial charge in [0.1, 0.15) is 71.2 Å². The van der Waals surface area contributed by atoms with Gasteiger partial charge in [-0.3, -0.25) is 57.7 Å². The van der Waals surface area contributed by atoms with Gasteiger partial charge >= 0.3 is 5.97 Å². The Morgan fingerprint density at radius 2 is 1.21 bits per heavy atom. The van der Waals surface area contributed by atoms with E-state index >= 15 is 9.59 Å². The number of aliphatic hydroxyl groups is 1. The number of nitrogens with zero attached hydrogens (tertiary/aromatic N) is 1. The summed E-state index contributed by atoms with van der Waals surface area (Å²) in [5, 5.41) is 61.1. The SMILES string of the molecule is CC[C@H](C)[C@@H]1NC(=O)[C@H](CC(C)C)NC(=O)[C@@](C)(NC(=O)[C@H](Cc2ccccc2)NC(=O)[C@H](Cc2ccc(O)cc2)NC(=O)[C@H](C)NC(=O)[C@@H](N)[C@@H](C)O)CCC/C=C\CCC[C@@](C)(C(=O)NCC(=O)N[C@@H](CCCN=C(N)N)C(=O)N[C@@H](Cc2c[nH]c3ccccc23)C(=O)O)NC(=O)[C@H](CC(C)C)NC1=O. The summed E-state index contributed by atoms with van der Waals surface area (Å²) in [4.78, 5) is 179. The van der Waals surface area contributed by atoms with Crippen LogP contribution in [0.1, 0.15) is 157 Å². The highest BCUT2D eigenvalue weighted by molar-refractivity contribution is 6.01. The number of allylic oxidation sites excluding steroid dienone is 2. The minimum atomic E-state index is -1.83. The van der Waals surface area contributed by atoms with Gasteiger partial charge in [-0.05, 0) is 145 Å². The zero-order chi connectivity index (χ0) is 79.3. The van der Waals surface area contributed by atoms with E-state index in [1.54, 1.807) is 56.4 Å². The van der Waals surface area contributed by atoms with Crippen molar-refractivity contribution in [1.29, 1.82) is 0 Å². The number of aromatic hydroxyl groups is 1. The molecule has 11 amide bonds. The van der Waals surface area contributed by atoms with E-state index in [-0.39, 0.29) is 101 Å². The second-order valence-corrected chi connectivity index (χ2v) is 29.0. The molecule has 107 heavy (non-hydrogen) atoms. The van der Waals surface area contributed by atoms with Crippen molar-refractivity contribution in [2.24, 2.45) is 39.9 Å². The highest BCUT2D eigenvalue weighted by Gasteiger charge is 2.43. The van der Waals surface area contributed by atoms with Gasteiger partial charge < -0.3 is 96.0 Å². The predicted molar refractivity (Wildman–Crippen MR) is 404 cm³/mol. The number of carboxylic acids is 1. The van der Waals surface area contributed by atoms with Gasteiger partial charge in [-0.15, -0.1) is 0 Å². The minimum Gasteiger partial charge on any atom is -0.508 e. The van der Waals surface area contributed by atoms with Gasteiger partial charge in [-0.2, -0.15) is 0 Å². The number of hydrogen-bond donors (Lipinski definition) is 18. The number of H-pyrrole nitrogens is 1. The third-order valence-electron chi connectivity index (χ3n) is 18.7. The van der Waals surface area contributed by atoms with Crippen molar-refractivity contribution < 1.29 is 72.9 Å². The molecule has 31 heteroatoms. The summed E-state index contributed by atoms with van der Waals surface area (Å²) in [5.41, 5.74) is 15.8. The summed E-state index contributed by atoms with van der Waals surface area (Å²) in [6, 6.07) is 9.57. The van der Waals surface area contributed by atoms with E-state index in [0.29, 0.717) is 36.0 Å². The Bertz CT molecular complexity index is 3750. The van der Waals surface area contributed by atoms with Gasteiger partial charge in [0, 0.05) is 42.9 Å². The largest absolute Gasteiger partial charge is 0.508 e. The first-order valence-electron chi connectivity index (χ1n) is 36.6. The van der Waals surface area contributed by atoms with Gasteiger partial charge in [-0.1, -0.05) is 121 Å². The quantitative estimate of drug-likeness (QED) is 0.0143. The summed E-state index contributed by atoms with van der Waals surface area (Å²) >= 11 is 0. The number of carboxylic acid groups (broad SMARTS) is 1. The number of nitrogens with two attached hydrogens (primary N) is 3. The average molecular weight is 1490 g/mol. The van der Waals surface area contributed by atoms with Crippen molar-refractivity contribution in [2.75, 3.05) is 13.1 Å². The number of nitrogens with one attached hydrogen (secondary N) is 12. The number of aliphatic carboxylic acids is 1. The Labute approximate surface area is 624 Å². The topological polar surface area (TPSA) is 504 Å². The third-order valence-corrected chi connectivity index (χ3v) is 18.7. The summed E-state index contributed by atoms with van der Waals surface area (Å²) < 4.78 is 0. The van der Waals surface area contributed by atoms with Crippen molar-refractivity contribution in [2.45, 2.75) is 231 Å². The van der Waals surface area contributed by atoms with Crippen LogP contribution in [-0.4, -0.2) is 182 Å². The van der Waals surface area contributed by atoms with E-state index in [2.05, 4.69) is 68.5 Å². The lowest BCUT2D eigenvalue weighted by atomic mass is 9.91. The molecule has 1 aliphatic heterocycles. The lowest BCUT2D eigenvalue weighted by Crippen LogP contribution is -2.65. The van der Waals surface area contributed by atoms with Crippen molar-refractivity contribution in [3.63, 3.8) is 0 Å². The average Bonchev–Trinajstić information content (AvgIpc) is 0.902. The molecule has 0 aliphatic carbocycles. The molecule has 0 bridgehead atoms. The van der Waals surface area contributed by atoms with Gasteiger partial charge in [-0.25, -0.2) is 4.79 Å². The molecule has 5 rings (SSSR count). The van der Waals surface area contributed by atoms with Crippen LogP contribution in [-0.2, 0) is 76.8 Å². The number of hydrogen-bond acceptors (Lipinski definition) is 16. The minimum absolute atomic E-state index is 0.0310. The van der Waals surface area contributed by atoms with Crippen molar-refractivity contribution in [1.82, 2.24) is 63.5 Å². The molecule has 1 aromatic heterocycles. The van der Waals surface area contributed by atoms with Crippen molar-refractivity contribution in [3.05, 3.63) is 114 Å². The van der Waals surface area contributed by atoms with Crippen molar-refractivity contribution >= 4 is 87.8 Å². The van der Waals surface area contributed by atoms with Crippen LogP contribution in [0.4, 0.5) is 0 Å². The number of carbonyl (C=O) groups excluding carboxylic acids is 11. The van der Waals surface area contributed by atoms with Crippen LogP contribution in [0.2, 0.25) is 0 Å². The first-order valence-corrected chi connectivity index (χ1v) is 36.6. The number of benzene rings is 3. The molecule has 3 aromatic carbocycles. The number of amides is 11. The number of para-hydroxylation sites is 1. The van der Waals surface area contributed by atoms with E-state index in [0.717, 1.165) is 10.9 Å². The maximum atomic E-state index is 15.2. The summed E-state index contributed by atoms with van der Waals surface area (Å²) in [5.74, 6) is -11.5. The van der Waals surface area contributed by atoms with Gasteiger partial charge in [0.15, 0.2) is 5.96 Å². The number of aromatic nitrogens is 1. The lowest BCUT2D eigenvalue weighted by Gasteiger charge is -2.34. The Morgan fingerprint density at radius 1 is 0.636 bits per heavy atom. The third kappa shape index (κ3) is 28.1. The molecule has 586 valence electrons. The number of phenolic OH excluding ortho intramolecular Hbond substituents is 1. The van der Waals surface area contributed by atoms with E-state index in [9.17, 15) is 63.3 Å². The molecule has 4 aromatic rings. The Morgan fingerprint density at radius 3 is 1.81 bits per heavy atom. The number of fused-ring (bicyclic) bond motifs is 1. The molecule has 31 nitrogen and oxygen atoms in total. The summed E-state index contributed by atoms with van der Waals surface area (Å²) in [6.45, 7) is 15.8. The Balaban J connectivity index is 1.47. The Kier molecular flexibility index (Phi) is 34.3. The smallest absolute Gasteiger partial charge is 0.326 e. The van der Waals surface area contributed by atoms with Crippen LogP contribution in [0.15, 0.2) is 102 Å². The number of aliphatic hydroxyl groups excluding tert-OH is 1. The fraction of sp³-hybridized carbons (Fsp3) is 0.539. The zero-order valence-electron chi connectivity index (χ0n) is 63.0. The first kappa shape index (κ1) is 87.2. The molecule has 0 unspecified atom stereocenters. The molecule has 2 heterocycles. The normalized spacial score (nSPS) is 21.0. The van der Waals surface area contributed by atoms with Crippen LogP contribution in [0.5, 0.6) is 5.75 Å². The molecular weight excluding hydrogens is 1380 g/mol. The van der Waals surface area contributed by atoms with Gasteiger partial charge in [0.05, 0.1) is 12.6 Å². The van der Waals surface area contributed by atoms with Crippen molar-refractivity contribution in [3.8, 4) is 5.75 Å². The molecule has 21 N–H and O–H groups in total. The number of guanidine groups is 1. The molecule has 0 saturated carbocycles. The maximum Gasteiger partial charge on any atom is 0.326 e. The lowest BCUT2D eigenvalue weighted by molar-refractivity contribution is -0.142. The molecule has 0 spiro atoms. The van der Waals surface area contributed by atoms with E-state index in [1.807, 2.05) is 58.0 Å². The van der Waals surface area contributed by atoms with Crippen LogP contribution in [0, 0.1) is 17.8 Å². The maximum absolute atomic E-state index is 15.2. The van der Waals surface area contributed by atoms with Gasteiger partial charge in [0.25, 0.3) is 0 Å². The van der Waals surface area contributed by atoms with E-state index < -0.39 is 155 Å². The fourth-order valence-electron chi connectivity index (χ4n) is 12.2. The standard InChI is InChI=1S/C76H112N16O15/c1-11-45(6)62-70(103)87-56(37-44(4)5)67(100)91-75(9,72(106)82-42-60(95)84-54(28-23-35-80-74(78)79)64(97)88-59(71(104)105)40-50-41-81-53-27-20-19-26-52(50)53)33-21-14-12-13-15-22-34-76(10,73(107)89-55(36-43(2)3)66(99)90-62)92-68(101)58(38-48-24-17-16-18-25-48)86-65(98)57(39-49-29-31-51(94)32-30-49)85-63(96)46(7)83-69(102)61(77)47(8)93/h12-13,16-20,24-27,29-32,41,43-47,54-59,61-62,81,93-94H,11,14-15,21-23,28,33-40,42,77H2,1-10H3,(H,82,106)(H,83,102)(H,84,95)(H,85,96)(H,86,98)(H,87,103)(H,88,97)(H,89,107)(H,90,99)(H,91,100)(H,92,101)(H,104,105)(H4,78,79,80)/b13-12-/t45-,46-,47+,54-,55-,56-,57-,58-,59-,61-,62-,75-,76-/m0/s1. The van der Waals surface area contributed by atoms with Crippen LogP contribution in [0.25, 0.3) is 10.9 Å². The zero-order valence-corrected chi connectivity index (χ0v) is 63.0.